The van der Waals surface area contributed by atoms with Crippen LogP contribution in [0, 0.1) is 0 Å². The second-order valence-corrected chi connectivity index (χ2v) is 2.61. The third kappa shape index (κ3) is 2.09. The van der Waals surface area contributed by atoms with Crippen LogP contribution in [0.25, 0.3) is 0 Å². The Morgan fingerprint density at radius 2 is 2.42 bits per heavy atom. The van der Waals surface area contributed by atoms with E-state index in [0.29, 0.717) is 11.4 Å². The van der Waals surface area contributed by atoms with Gasteiger partial charge in [-0.3, -0.25) is 0 Å². The summed E-state index contributed by atoms with van der Waals surface area (Å²) < 4.78 is 4.86. The molecule has 4 heteroatoms. The second kappa shape index (κ2) is 4.28. The predicted octanol–water partition coefficient (Wildman–Crippen LogP) is 1.36. The van der Waals surface area contributed by atoms with Crippen LogP contribution in [0.4, 0.5) is 0 Å². The standard InChI is InChI=1S/C8H10ClNO2/c1-12-8-3-2-6(5-10-8)7(11)4-9/h2-3,5,7,11H,4H2,1H3. The van der Waals surface area contributed by atoms with Gasteiger partial charge in [-0.05, 0) is 6.07 Å². The average molecular weight is 188 g/mol. The second-order valence-electron chi connectivity index (χ2n) is 2.30. The number of aliphatic hydroxyl groups excluding tert-OH is 1. The summed E-state index contributed by atoms with van der Waals surface area (Å²) in [6.45, 7) is 0. The molecule has 0 radical (unpaired) electrons. The number of pyridine rings is 1. The highest BCUT2D eigenvalue weighted by molar-refractivity contribution is 6.18. The topological polar surface area (TPSA) is 42.4 Å². The molecule has 1 aromatic rings. The smallest absolute Gasteiger partial charge is 0.212 e. The summed E-state index contributed by atoms with van der Waals surface area (Å²) in [6, 6.07) is 3.42. The Labute approximate surface area is 76.0 Å². The molecule has 0 fully saturated rings. The molecule has 0 spiro atoms. The first-order valence-corrected chi connectivity index (χ1v) is 4.05. The molecule has 1 atom stereocenters. The van der Waals surface area contributed by atoms with Gasteiger partial charge in [-0.25, -0.2) is 4.98 Å². The lowest BCUT2D eigenvalue weighted by molar-refractivity contribution is 0.202. The molecule has 1 unspecified atom stereocenters. The van der Waals surface area contributed by atoms with Gasteiger partial charge < -0.3 is 9.84 Å². The van der Waals surface area contributed by atoms with Crippen molar-refractivity contribution in [1.29, 1.82) is 0 Å². The van der Waals surface area contributed by atoms with Gasteiger partial charge in [0.15, 0.2) is 0 Å². The normalized spacial score (nSPS) is 12.6. The summed E-state index contributed by atoms with van der Waals surface area (Å²) in [6.07, 6.45) is 0.899. The van der Waals surface area contributed by atoms with Gasteiger partial charge in [0.25, 0.3) is 0 Å². The monoisotopic (exact) mass is 187 g/mol. The van der Waals surface area contributed by atoms with E-state index in [-0.39, 0.29) is 5.88 Å². The van der Waals surface area contributed by atoms with E-state index in [2.05, 4.69) is 4.98 Å². The summed E-state index contributed by atoms with van der Waals surface area (Å²) in [7, 11) is 1.54. The summed E-state index contributed by atoms with van der Waals surface area (Å²) in [5, 5.41) is 9.28. The van der Waals surface area contributed by atoms with E-state index < -0.39 is 6.10 Å². The summed E-state index contributed by atoms with van der Waals surface area (Å²) in [5.41, 5.74) is 0.700. The maximum Gasteiger partial charge on any atom is 0.212 e. The minimum absolute atomic E-state index is 0.175. The van der Waals surface area contributed by atoms with Gasteiger partial charge in [0.2, 0.25) is 5.88 Å². The molecular weight excluding hydrogens is 178 g/mol. The van der Waals surface area contributed by atoms with Gasteiger partial charge in [-0.2, -0.15) is 0 Å². The van der Waals surface area contributed by atoms with E-state index >= 15 is 0 Å². The Morgan fingerprint density at radius 3 is 2.83 bits per heavy atom. The van der Waals surface area contributed by atoms with Crippen LogP contribution in [0.1, 0.15) is 11.7 Å². The number of hydrogen-bond donors (Lipinski definition) is 1. The fraction of sp³-hybridized carbons (Fsp3) is 0.375. The van der Waals surface area contributed by atoms with Crippen LogP contribution in [0.15, 0.2) is 18.3 Å². The molecule has 12 heavy (non-hydrogen) atoms. The first-order valence-electron chi connectivity index (χ1n) is 3.52. The van der Waals surface area contributed by atoms with Gasteiger partial charge in [-0.15, -0.1) is 11.6 Å². The van der Waals surface area contributed by atoms with Crippen LogP contribution < -0.4 is 4.74 Å². The van der Waals surface area contributed by atoms with Crippen molar-refractivity contribution in [3.8, 4) is 5.88 Å². The van der Waals surface area contributed by atoms with Gasteiger partial charge in [-0.1, -0.05) is 0 Å². The first-order chi connectivity index (χ1) is 5.77. The lowest BCUT2D eigenvalue weighted by Crippen LogP contribution is -1.99. The van der Waals surface area contributed by atoms with Crippen molar-refractivity contribution in [2.75, 3.05) is 13.0 Å². The number of methoxy groups -OCH3 is 1. The molecule has 1 aromatic heterocycles. The number of ether oxygens (including phenoxy) is 1. The highest BCUT2D eigenvalue weighted by atomic mass is 35.5. The molecule has 0 saturated heterocycles. The molecule has 1 heterocycles. The molecule has 0 aliphatic rings. The van der Waals surface area contributed by atoms with Crippen molar-refractivity contribution in [3.63, 3.8) is 0 Å². The van der Waals surface area contributed by atoms with Crippen LogP contribution in [-0.2, 0) is 0 Å². The van der Waals surface area contributed by atoms with Crippen LogP contribution in [0.3, 0.4) is 0 Å². The zero-order chi connectivity index (χ0) is 8.97. The average Bonchev–Trinajstić information content (AvgIpc) is 2.17. The van der Waals surface area contributed by atoms with Crippen LogP contribution in [-0.4, -0.2) is 23.1 Å². The molecule has 0 aliphatic heterocycles. The van der Waals surface area contributed by atoms with Crippen LogP contribution in [0.2, 0.25) is 0 Å². The first kappa shape index (κ1) is 9.29. The van der Waals surface area contributed by atoms with Gasteiger partial charge in [0, 0.05) is 17.8 Å². The number of nitrogens with zero attached hydrogens (tertiary/aromatic N) is 1. The van der Waals surface area contributed by atoms with Crippen LogP contribution in [0.5, 0.6) is 5.88 Å². The van der Waals surface area contributed by atoms with Crippen molar-refractivity contribution in [1.82, 2.24) is 4.98 Å². The molecule has 1 N–H and O–H groups in total. The van der Waals surface area contributed by atoms with Crippen molar-refractivity contribution < 1.29 is 9.84 Å². The largest absolute Gasteiger partial charge is 0.481 e. The fourth-order valence-electron chi connectivity index (χ4n) is 0.799. The minimum atomic E-state index is -0.648. The summed E-state index contributed by atoms with van der Waals surface area (Å²) in [5.74, 6) is 0.703. The Balaban J connectivity index is 2.77. The Kier molecular flexibility index (Phi) is 3.31. The molecule has 0 bridgehead atoms. The maximum atomic E-state index is 9.28. The zero-order valence-corrected chi connectivity index (χ0v) is 7.45. The number of aliphatic hydroxyl groups is 1. The molecular formula is C8H10ClNO2. The fourth-order valence-corrected chi connectivity index (χ4v) is 0.977. The Morgan fingerprint density at radius 1 is 1.67 bits per heavy atom. The third-order valence-electron chi connectivity index (χ3n) is 1.50. The lowest BCUT2D eigenvalue weighted by Gasteiger charge is -2.06. The van der Waals surface area contributed by atoms with Gasteiger partial charge in [0.1, 0.15) is 0 Å². The van der Waals surface area contributed by atoms with Crippen LogP contribution >= 0.6 is 11.6 Å². The maximum absolute atomic E-state index is 9.28. The van der Waals surface area contributed by atoms with E-state index in [1.807, 2.05) is 0 Å². The zero-order valence-electron chi connectivity index (χ0n) is 6.70. The van der Waals surface area contributed by atoms with Gasteiger partial charge in [0.05, 0.1) is 19.1 Å². The van der Waals surface area contributed by atoms with E-state index in [0.717, 1.165) is 0 Å². The number of halogens is 1. The van der Waals surface area contributed by atoms with Crippen molar-refractivity contribution in [3.05, 3.63) is 23.9 Å². The Bertz CT molecular complexity index is 237. The lowest BCUT2D eigenvalue weighted by atomic mass is 10.2. The SMILES string of the molecule is COc1ccc(C(O)CCl)cn1. The van der Waals surface area contributed by atoms with Crippen molar-refractivity contribution in [2.45, 2.75) is 6.10 Å². The number of hydrogen-bond acceptors (Lipinski definition) is 3. The highest BCUT2D eigenvalue weighted by Crippen LogP contribution is 2.15. The number of aromatic nitrogens is 1. The number of rotatable bonds is 3. The van der Waals surface area contributed by atoms with E-state index in [9.17, 15) is 5.11 Å². The third-order valence-corrected chi connectivity index (χ3v) is 1.79. The van der Waals surface area contributed by atoms with E-state index in [1.54, 1.807) is 25.4 Å². The summed E-state index contributed by atoms with van der Waals surface area (Å²) in [4.78, 5) is 3.93. The summed E-state index contributed by atoms with van der Waals surface area (Å²) >= 11 is 5.45. The van der Waals surface area contributed by atoms with Crippen molar-refractivity contribution in [2.24, 2.45) is 0 Å². The minimum Gasteiger partial charge on any atom is -0.481 e. The van der Waals surface area contributed by atoms with Crippen molar-refractivity contribution >= 4 is 11.6 Å². The molecule has 0 saturated carbocycles. The molecule has 66 valence electrons. The number of alkyl halides is 1. The van der Waals surface area contributed by atoms with E-state index in [4.69, 9.17) is 16.3 Å². The van der Waals surface area contributed by atoms with E-state index in [1.165, 1.54) is 0 Å². The predicted molar refractivity (Wildman–Crippen MR) is 46.5 cm³/mol. The quantitative estimate of drug-likeness (QED) is 0.727. The molecule has 0 aromatic carbocycles. The molecule has 0 amide bonds. The van der Waals surface area contributed by atoms with Gasteiger partial charge >= 0.3 is 0 Å². The molecule has 1 rings (SSSR count). The Hall–Kier alpha value is -0.800. The highest BCUT2D eigenvalue weighted by Gasteiger charge is 2.05. The molecule has 3 nitrogen and oxygen atoms in total. The molecule has 0 aliphatic carbocycles.